The fourth-order valence-corrected chi connectivity index (χ4v) is 1.79. The summed E-state index contributed by atoms with van der Waals surface area (Å²) in [5, 5.41) is 0. The Hall–Kier alpha value is -2.31. The fourth-order valence-electron chi connectivity index (χ4n) is 1.79. The summed E-state index contributed by atoms with van der Waals surface area (Å²) in [5.74, 6) is 0. The molecule has 4 nitrogen and oxygen atoms in total. The number of hydrogen-bond donors (Lipinski definition) is 1. The molecular formula is C13H13F3N4. The van der Waals surface area contributed by atoms with Crippen LogP contribution in [-0.4, -0.2) is 17.0 Å². The van der Waals surface area contributed by atoms with Crippen molar-refractivity contribution in [1.29, 1.82) is 0 Å². The Labute approximate surface area is 114 Å². The van der Waals surface area contributed by atoms with Crippen molar-refractivity contribution in [2.75, 3.05) is 17.7 Å². The van der Waals surface area contributed by atoms with Crippen LogP contribution in [0, 0.1) is 0 Å². The third-order valence-electron chi connectivity index (χ3n) is 2.76. The first-order valence-electron chi connectivity index (χ1n) is 5.80. The molecule has 2 aromatic rings. The summed E-state index contributed by atoms with van der Waals surface area (Å²) in [5.41, 5.74) is 6.10. The molecule has 0 aromatic carbocycles. The van der Waals surface area contributed by atoms with Crippen LogP contribution < -0.4 is 10.6 Å². The lowest BCUT2D eigenvalue weighted by Crippen LogP contribution is -2.19. The van der Waals surface area contributed by atoms with Crippen LogP contribution in [0.3, 0.4) is 0 Å². The van der Waals surface area contributed by atoms with Gasteiger partial charge in [-0.2, -0.15) is 13.2 Å². The minimum Gasteiger partial charge on any atom is -0.396 e. The third kappa shape index (κ3) is 3.17. The van der Waals surface area contributed by atoms with Gasteiger partial charge in [-0.25, -0.2) is 4.98 Å². The quantitative estimate of drug-likeness (QED) is 0.940. The van der Waals surface area contributed by atoms with E-state index < -0.39 is 11.9 Å². The molecule has 0 radical (unpaired) electrons. The number of nitrogens with two attached hydrogens (primary N) is 1. The maximum absolute atomic E-state index is 12.7. The van der Waals surface area contributed by atoms with E-state index in [-0.39, 0.29) is 11.4 Å². The van der Waals surface area contributed by atoms with Gasteiger partial charge in [0.05, 0.1) is 17.6 Å². The van der Waals surface area contributed by atoms with Crippen molar-refractivity contribution >= 4 is 11.4 Å². The predicted molar refractivity (Wildman–Crippen MR) is 70.0 cm³/mol. The Balaban J connectivity index is 2.27. The predicted octanol–water partition coefficient (Wildman–Crippen LogP) is 2.71. The summed E-state index contributed by atoms with van der Waals surface area (Å²) in [7, 11) is 1.67. The van der Waals surface area contributed by atoms with E-state index in [1.165, 1.54) is 0 Å². The van der Waals surface area contributed by atoms with Gasteiger partial charge in [-0.05, 0) is 17.7 Å². The molecule has 0 saturated heterocycles. The molecule has 0 aliphatic rings. The zero-order chi connectivity index (χ0) is 14.8. The molecule has 0 amide bonds. The van der Waals surface area contributed by atoms with E-state index in [2.05, 4.69) is 9.97 Å². The summed E-state index contributed by atoms with van der Waals surface area (Å²) in [4.78, 5) is 8.90. The first-order valence-corrected chi connectivity index (χ1v) is 5.80. The van der Waals surface area contributed by atoms with Crippen molar-refractivity contribution in [2.45, 2.75) is 12.7 Å². The standard InChI is InChI=1S/C13H13F3N4/c1-20(8-9-3-2-4-18-6-9)11-5-12(13(14,15)16)19-7-10(11)17/h2-7H,8,17H2,1H3. The molecular weight excluding hydrogens is 269 g/mol. The molecule has 0 aliphatic heterocycles. The number of nitrogen functional groups attached to an aromatic ring is 1. The van der Waals surface area contributed by atoms with Crippen LogP contribution >= 0.6 is 0 Å². The van der Waals surface area contributed by atoms with E-state index in [0.29, 0.717) is 6.54 Å². The summed E-state index contributed by atoms with van der Waals surface area (Å²) in [6.45, 7) is 0.402. The molecule has 2 rings (SSSR count). The van der Waals surface area contributed by atoms with Gasteiger partial charge >= 0.3 is 6.18 Å². The summed E-state index contributed by atoms with van der Waals surface area (Å²) >= 11 is 0. The molecule has 106 valence electrons. The number of pyridine rings is 2. The Morgan fingerprint density at radius 3 is 2.65 bits per heavy atom. The molecule has 0 saturated carbocycles. The fraction of sp³-hybridized carbons (Fsp3) is 0.231. The van der Waals surface area contributed by atoms with Gasteiger partial charge in [0.1, 0.15) is 5.69 Å². The van der Waals surface area contributed by atoms with Crippen molar-refractivity contribution < 1.29 is 13.2 Å². The van der Waals surface area contributed by atoms with Crippen molar-refractivity contribution in [3.8, 4) is 0 Å². The van der Waals surface area contributed by atoms with E-state index in [0.717, 1.165) is 17.8 Å². The first-order chi connectivity index (χ1) is 9.38. The molecule has 0 bridgehead atoms. The highest BCUT2D eigenvalue weighted by Crippen LogP contribution is 2.32. The van der Waals surface area contributed by atoms with Gasteiger partial charge in [0, 0.05) is 26.0 Å². The van der Waals surface area contributed by atoms with Crippen LogP contribution in [0.2, 0.25) is 0 Å². The van der Waals surface area contributed by atoms with Gasteiger partial charge in [-0.3, -0.25) is 4.98 Å². The lowest BCUT2D eigenvalue weighted by Gasteiger charge is -2.21. The monoisotopic (exact) mass is 282 g/mol. The highest BCUT2D eigenvalue weighted by molar-refractivity contribution is 5.66. The van der Waals surface area contributed by atoms with Gasteiger partial charge in [-0.15, -0.1) is 0 Å². The minimum atomic E-state index is -4.49. The maximum atomic E-state index is 12.7. The number of nitrogens with zero attached hydrogens (tertiary/aromatic N) is 3. The zero-order valence-electron chi connectivity index (χ0n) is 10.7. The van der Waals surface area contributed by atoms with Gasteiger partial charge in [0.25, 0.3) is 0 Å². The molecule has 0 atom stereocenters. The number of halogens is 3. The van der Waals surface area contributed by atoms with E-state index in [1.54, 1.807) is 30.4 Å². The summed E-state index contributed by atoms with van der Waals surface area (Å²) in [6.07, 6.45) is -0.180. The Bertz CT molecular complexity index is 584. The molecule has 2 heterocycles. The molecule has 2 aromatic heterocycles. The lowest BCUT2D eigenvalue weighted by atomic mass is 10.2. The average molecular weight is 282 g/mol. The topological polar surface area (TPSA) is 55.0 Å². The second-order valence-corrected chi connectivity index (χ2v) is 4.34. The summed E-state index contributed by atoms with van der Waals surface area (Å²) in [6, 6.07) is 4.55. The van der Waals surface area contributed by atoms with Crippen molar-refractivity contribution in [1.82, 2.24) is 9.97 Å². The first kappa shape index (κ1) is 14.1. The number of alkyl halides is 3. The van der Waals surface area contributed by atoms with E-state index in [9.17, 15) is 13.2 Å². The van der Waals surface area contributed by atoms with Crippen molar-refractivity contribution in [3.05, 3.63) is 48.0 Å². The van der Waals surface area contributed by atoms with Crippen LogP contribution in [0.4, 0.5) is 24.5 Å². The number of aromatic nitrogens is 2. The number of anilines is 2. The van der Waals surface area contributed by atoms with Gasteiger partial charge in [-0.1, -0.05) is 6.07 Å². The second-order valence-electron chi connectivity index (χ2n) is 4.34. The molecule has 7 heteroatoms. The number of hydrogen-bond acceptors (Lipinski definition) is 4. The molecule has 20 heavy (non-hydrogen) atoms. The molecule has 0 aliphatic carbocycles. The third-order valence-corrected chi connectivity index (χ3v) is 2.76. The highest BCUT2D eigenvalue weighted by Gasteiger charge is 2.33. The van der Waals surface area contributed by atoms with Crippen LogP contribution in [-0.2, 0) is 12.7 Å². The summed E-state index contributed by atoms with van der Waals surface area (Å²) < 4.78 is 38.0. The molecule has 2 N–H and O–H groups in total. The Morgan fingerprint density at radius 2 is 2.05 bits per heavy atom. The molecule has 0 spiro atoms. The Morgan fingerprint density at radius 1 is 1.30 bits per heavy atom. The smallest absolute Gasteiger partial charge is 0.396 e. The average Bonchev–Trinajstić information content (AvgIpc) is 2.39. The van der Waals surface area contributed by atoms with Crippen molar-refractivity contribution in [3.63, 3.8) is 0 Å². The van der Waals surface area contributed by atoms with Gasteiger partial charge < -0.3 is 10.6 Å². The van der Waals surface area contributed by atoms with E-state index >= 15 is 0 Å². The maximum Gasteiger partial charge on any atom is 0.433 e. The van der Waals surface area contributed by atoms with E-state index in [1.807, 2.05) is 6.07 Å². The minimum absolute atomic E-state index is 0.199. The largest absolute Gasteiger partial charge is 0.433 e. The van der Waals surface area contributed by atoms with E-state index in [4.69, 9.17) is 5.73 Å². The van der Waals surface area contributed by atoms with Crippen molar-refractivity contribution in [2.24, 2.45) is 0 Å². The molecule has 0 unspecified atom stereocenters. The van der Waals surface area contributed by atoms with Crippen LogP contribution in [0.15, 0.2) is 36.8 Å². The lowest BCUT2D eigenvalue weighted by molar-refractivity contribution is -0.141. The zero-order valence-corrected chi connectivity index (χ0v) is 10.7. The normalized spacial score (nSPS) is 11.4. The highest BCUT2D eigenvalue weighted by atomic mass is 19.4. The molecule has 0 fully saturated rings. The van der Waals surface area contributed by atoms with Crippen LogP contribution in [0.1, 0.15) is 11.3 Å². The second kappa shape index (κ2) is 5.36. The Kier molecular flexibility index (Phi) is 3.78. The van der Waals surface area contributed by atoms with Crippen LogP contribution in [0.25, 0.3) is 0 Å². The SMILES string of the molecule is CN(Cc1cccnc1)c1cc(C(F)(F)F)ncc1N. The van der Waals surface area contributed by atoms with Crippen LogP contribution in [0.5, 0.6) is 0 Å². The number of rotatable bonds is 3. The van der Waals surface area contributed by atoms with Gasteiger partial charge in [0.15, 0.2) is 0 Å². The van der Waals surface area contributed by atoms with Gasteiger partial charge in [0.2, 0.25) is 0 Å².